The Morgan fingerprint density at radius 2 is 2.04 bits per heavy atom. The molecule has 1 saturated heterocycles. The maximum absolute atomic E-state index is 13.0. The van der Waals surface area contributed by atoms with Gasteiger partial charge in [0.05, 0.1) is 6.04 Å². The number of halogens is 1. The van der Waals surface area contributed by atoms with E-state index < -0.39 is 0 Å². The highest BCUT2D eigenvalue weighted by molar-refractivity contribution is 9.10. The largest absolute Gasteiger partial charge is 0.328 e. The van der Waals surface area contributed by atoms with Crippen LogP contribution in [0, 0.1) is 0 Å². The van der Waals surface area contributed by atoms with Crippen molar-refractivity contribution in [3.63, 3.8) is 0 Å². The van der Waals surface area contributed by atoms with Crippen LogP contribution in [0.3, 0.4) is 0 Å². The highest BCUT2D eigenvalue weighted by atomic mass is 79.9. The van der Waals surface area contributed by atoms with Gasteiger partial charge in [0.15, 0.2) is 5.82 Å². The third kappa shape index (κ3) is 2.88. The monoisotopic (exact) mass is 388 g/mol. The van der Waals surface area contributed by atoms with E-state index in [1.807, 2.05) is 29.2 Å². The smallest absolute Gasteiger partial charge is 0.254 e. The predicted octanol–water partition coefficient (Wildman–Crippen LogP) is 3.74. The zero-order chi connectivity index (χ0) is 16.5. The summed E-state index contributed by atoms with van der Waals surface area (Å²) in [5, 5.41) is 8.88. The molecule has 0 spiro atoms. The molecule has 0 bridgehead atoms. The zero-order valence-corrected chi connectivity index (χ0v) is 15.2. The summed E-state index contributed by atoms with van der Waals surface area (Å²) < 4.78 is 3.20. The Morgan fingerprint density at radius 3 is 2.92 bits per heavy atom. The van der Waals surface area contributed by atoms with Crippen LogP contribution >= 0.6 is 15.9 Å². The van der Waals surface area contributed by atoms with Gasteiger partial charge in [-0.3, -0.25) is 4.79 Å². The molecule has 6 heteroatoms. The first-order valence-electron chi connectivity index (χ1n) is 8.72. The number of aryl methyl sites for hydroxylation is 1. The first-order chi connectivity index (χ1) is 11.7. The van der Waals surface area contributed by atoms with Gasteiger partial charge >= 0.3 is 0 Å². The molecule has 0 unspecified atom stereocenters. The van der Waals surface area contributed by atoms with Crippen LogP contribution in [0.25, 0.3) is 0 Å². The van der Waals surface area contributed by atoms with E-state index in [1.54, 1.807) is 0 Å². The van der Waals surface area contributed by atoms with E-state index in [-0.39, 0.29) is 11.9 Å². The molecule has 126 valence electrons. The average Bonchev–Trinajstić information content (AvgIpc) is 3.15. The summed E-state index contributed by atoms with van der Waals surface area (Å²) in [6.45, 7) is 1.77. The fourth-order valence-corrected chi connectivity index (χ4v) is 4.22. The lowest BCUT2D eigenvalue weighted by molar-refractivity contribution is 0.0727. The fraction of sp³-hybridized carbons (Fsp3) is 0.500. The van der Waals surface area contributed by atoms with E-state index in [4.69, 9.17) is 0 Å². The molecule has 2 aliphatic rings. The normalized spacial score (nSPS) is 20.7. The van der Waals surface area contributed by atoms with E-state index in [1.165, 1.54) is 19.3 Å². The van der Waals surface area contributed by atoms with Crippen LogP contribution in [0.15, 0.2) is 28.7 Å². The number of aromatic nitrogens is 3. The fourth-order valence-electron chi connectivity index (χ4n) is 3.82. The minimum atomic E-state index is 0.0517. The predicted molar refractivity (Wildman–Crippen MR) is 94.7 cm³/mol. The van der Waals surface area contributed by atoms with Crippen molar-refractivity contribution in [2.75, 3.05) is 6.54 Å². The highest BCUT2D eigenvalue weighted by Crippen LogP contribution is 2.33. The van der Waals surface area contributed by atoms with Gasteiger partial charge in [-0.25, -0.2) is 0 Å². The molecule has 1 fully saturated rings. The number of carbonyl (C=O) groups excluding carboxylic acids is 1. The van der Waals surface area contributed by atoms with E-state index >= 15 is 0 Å². The molecule has 2 aromatic rings. The second-order valence-corrected chi connectivity index (χ2v) is 7.52. The minimum absolute atomic E-state index is 0.0517. The molecule has 0 saturated carbocycles. The van der Waals surface area contributed by atoms with E-state index in [9.17, 15) is 4.79 Å². The topological polar surface area (TPSA) is 51.0 Å². The van der Waals surface area contributed by atoms with Gasteiger partial charge in [0, 0.05) is 29.5 Å². The molecule has 5 nitrogen and oxygen atoms in total. The van der Waals surface area contributed by atoms with Crippen molar-refractivity contribution in [2.24, 2.45) is 0 Å². The van der Waals surface area contributed by atoms with Crippen molar-refractivity contribution in [2.45, 2.75) is 51.1 Å². The van der Waals surface area contributed by atoms with Crippen molar-refractivity contribution in [3.05, 3.63) is 46.0 Å². The van der Waals surface area contributed by atoms with Crippen molar-refractivity contribution < 1.29 is 4.79 Å². The van der Waals surface area contributed by atoms with Gasteiger partial charge in [0.2, 0.25) is 0 Å². The summed E-state index contributed by atoms with van der Waals surface area (Å²) in [4.78, 5) is 15.0. The molecule has 0 aliphatic carbocycles. The number of carbonyl (C=O) groups is 1. The summed E-state index contributed by atoms with van der Waals surface area (Å²) in [7, 11) is 0. The number of benzene rings is 1. The molecular weight excluding hydrogens is 368 g/mol. The maximum Gasteiger partial charge on any atom is 0.254 e. The molecule has 0 radical (unpaired) electrons. The van der Waals surface area contributed by atoms with Crippen LogP contribution in [0.5, 0.6) is 0 Å². The van der Waals surface area contributed by atoms with Crippen LogP contribution in [0.1, 0.15) is 60.2 Å². The van der Waals surface area contributed by atoms with Gasteiger partial charge in [0.25, 0.3) is 5.91 Å². The first-order valence-corrected chi connectivity index (χ1v) is 9.52. The molecular formula is C18H21BrN4O. The van der Waals surface area contributed by atoms with Crippen molar-refractivity contribution in [1.29, 1.82) is 0 Å². The van der Waals surface area contributed by atoms with Gasteiger partial charge in [-0.05, 0) is 43.9 Å². The molecule has 1 aromatic heterocycles. The molecule has 1 aromatic carbocycles. The SMILES string of the molecule is O=C(c1cccc(Br)c1)N1CCC[C@H]1c1nnc2n1CCCCC2. The number of nitrogens with zero attached hydrogens (tertiary/aromatic N) is 4. The van der Waals surface area contributed by atoms with E-state index in [0.29, 0.717) is 0 Å². The molecule has 24 heavy (non-hydrogen) atoms. The van der Waals surface area contributed by atoms with E-state index in [2.05, 4.69) is 30.7 Å². The van der Waals surface area contributed by atoms with Crippen LogP contribution in [0.4, 0.5) is 0 Å². The molecule has 4 rings (SSSR count). The number of likely N-dealkylation sites (tertiary alicyclic amines) is 1. The second kappa shape index (κ2) is 6.67. The van der Waals surface area contributed by atoms with Gasteiger partial charge in [-0.2, -0.15) is 0 Å². The number of hydrogen-bond acceptors (Lipinski definition) is 3. The summed E-state index contributed by atoms with van der Waals surface area (Å²) in [6, 6.07) is 7.67. The number of hydrogen-bond donors (Lipinski definition) is 0. The molecule has 2 aliphatic heterocycles. The Kier molecular flexibility index (Phi) is 4.39. The number of amides is 1. The van der Waals surface area contributed by atoms with Crippen LogP contribution in [0.2, 0.25) is 0 Å². The lowest BCUT2D eigenvalue weighted by Crippen LogP contribution is -2.32. The Bertz CT molecular complexity index is 757. The zero-order valence-electron chi connectivity index (χ0n) is 13.6. The first kappa shape index (κ1) is 15.8. The van der Waals surface area contributed by atoms with Crippen molar-refractivity contribution in [1.82, 2.24) is 19.7 Å². The van der Waals surface area contributed by atoms with Gasteiger partial charge in [-0.1, -0.05) is 28.4 Å². The molecule has 0 N–H and O–H groups in total. The lowest BCUT2D eigenvalue weighted by Gasteiger charge is -2.25. The second-order valence-electron chi connectivity index (χ2n) is 6.60. The Morgan fingerprint density at radius 1 is 1.12 bits per heavy atom. The summed E-state index contributed by atoms with van der Waals surface area (Å²) in [5.74, 6) is 2.15. The summed E-state index contributed by atoms with van der Waals surface area (Å²) in [5.41, 5.74) is 0.729. The molecule has 1 atom stereocenters. The maximum atomic E-state index is 13.0. The van der Waals surface area contributed by atoms with Crippen molar-refractivity contribution >= 4 is 21.8 Å². The minimum Gasteiger partial charge on any atom is -0.328 e. The quantitative estimate of drug-likeness (QED) is 0.786. The third-order valence-corrected chi connectivity index (χ3v) is 5.51. The average molecular weight is 389 g/mol. The van der Waals surface area contributed by atoms with Crippen LogP contribution in [-0.4, -0.2) is 32.1 Å². The molecule has 1 amide bonds. The Hall–Kier alpha value is -1.69. The lowest BCUT2D eigenvalue weighted by atomic mass is 10.1. The summed E-state index contributed by atoms with van der Waals surface area (Å²) >= 11 is 3.45. The summed E-state index contributed by atoms with van der Waals surface area (Å²) in [6.07, 6.45) is 6.59. The Balaban J connectivity index is 1.64. The van der Waals surface area contributed by atoms with Crippen molar-refractivity contribution in [3.8, 4) is 0 Å². The molecule has 3 heterocycles. The van der Waals surface area contributed by atoms with Gasteiger partial charge < -0.3 is 9.47 Å². The van der Waals surface area contributed by atoms with Gasteiger partial charge in [0.1, 0.15) is 5.82 Å². The Labute approximate surface area is 150 Å². The highest BCUT2D eigenvalue weighted by Gasteiger charge is 2.34. The third-order valence-electron chi connectivity index (χ3n) is 5.02. The standard InChI is InChI=1S/C18H21BrN4O/c19-14-7-4-6-13(12-14)18(24)22-11-5-8-15(22)17-21-20-16-9-2-1-3-10-23(16)17/h4,6-7,12,15H,1-3,5,8-11H2/t15-/m0/s1. The van der Waals surface area contributed by atoms with Crippen LogP contribution < -0.4 is 0 Å². The van der Waals surface area contributed by atoms with Gasteiger partial charge in [-0.15, -0.1) is 10.2 Å². The van der Waals surface area contributed by atoms with Crippen LogP contribution in [-0.2, 0) is 13.0 Å². The van der Waals surface area contributed by atoms with E-state index in [0.717, 1.165) is 54.0 Å². The number of fused-ring (bicyclic) bond motifs is 1. The number of rotatable bonds is 2.